The Morgan fingerprint density at radius 3 is 1.75 bits per heavy atom. The van der Waals surface area contributed by atoms with Crippen molar-refractivity contribution in [3.05, 3.63) is 52.6 Å². The van der Waals surface area contributed by atoms with E-state index in [0.717, 1.165) is 6.08 Å². The van der Waals surface area contributed by atoms with Gasteiger partial charge in [-0.2, -0.15) is 26.3 Å². The SMILES string of the molecule is FC(F)(F)C/C=C/c1cnc(Cl)nc1.FC(F)(F)CCCc1cnc(Cl)nc1. The Kier molecular flexibility index (Phi) is 9.60. The van der Waals surface area contributed by atoms with Gasteiger partial charge < -0.3 is 0 Å². The van der Waals surface area contributed by atoms with E-state index in [0.29, 0.717) is 17.5 Å². The molecule has 2 rings (SSSR count). The molecule has 0 aliphatic carbocycles. The van der Waals surface area contributed by atoms with Crippen molar-refractivity contribution >= 4 is 29.3 Å². The lowest BCUT2D eigenvalue weighted by atomic mass is 10.1. The minimum atomic E-state index is -4.18. The average molecular weight is 447 g/mol. The van der Waals surface area contributed by atoms with Crippen LogP contribution in [0.1, 0.15) is 30.4 Å². The molecule has 0 saturated heterocycles. The second-order valence-corrected chi connectivity index (χ2v) is 6.01. The molecule has 0 unspecified atom stereocenters. The van der Waals surface area contributed by atoms with Gasteiger partial charge in [-0.05, 0) is 41.6 Å². The lowest BCUT2D eigenvalue weighted by Crippen LogP contribution is -2.07. The third kappa shape index (κ3) is 12.4. The van der Waals surface area contributed by atoms with Gasteiger partial charge in [0, 0.05) is 36.8 Å². The summed E-state index contributed by atoms with van der Waals surface area (Å²) >= 11 is 10.8. The van der Waals surface area contributed by atoms with Crippen LogP contribution in [0.3, 0.4) is 0 Å². The second kappa shape index (κ2) is 11.2. The molecule has 0 atom stereocenters. The summed E-state index contributed by atoms with van der Waals surface area (Å²) in [6, 6.07) is 0. The molecular formula is C16H14Cl2F6N4. The molecule has 0 N–H and O–H groups in total. The van der Waals surface area contributed by atoms with Gasteiger partial charge in [0.05, 0.1) is 6.42 Å². The number of hydrogen-bond acceptors (Lipinski definition) is 4. The Morgan fingerprint density at radius 2 is 1.29 bits per heavy atom. The van der Waals surface area contributed by atoms with Gasteiger partial charge in [0.2, 0.25) is 10.6 Å². The molecule has 2 heterocycles. The van der Waals surface area contributed by atoms with Crippen molar-refractivity contribution in [3.63, 3.8) is 0 Å². The van der Waals surface area contributed by atoms with Crippen molar-refractivity contribution in [2.75, 3.05) is 0 Å². The fourth-order valence-electron chi connectivity index (χ4n) is 1.70. The molecule has 28 heavy (non-hydrogen) atoms. The van der Waals surface area contributed by atoms with E-state index in [9.17, 15) is 26.3 Å². The molecule has 0 spiro atoms. The molecule has 4 nitrogen and oxygen atoms in total. The fourth-order valence-corrected chi connectivity index (χ4v) is 1.89. The van der Waals surface area contributed by atoms with Crippen LogP contribution in [0.15, 0.2) is 30.9 Å². The van der Waals surface area contributed by atoms with Gasteiger partial charge in [0.1, 0.15) is 0 Å². The highest BCUT2D eigenvalue weighted by atomic mass is 35.5. The molecule has 0 saturated carbocycles. The zero-order chi connectivity index (χ0) is 21.2. The van der Waals surface area contributed by atoms with E-state index in [1.807, 2.05) is 0 Å². The zero-order valence-electron chi connectivity index (χ0n) is 14.1. The Bertz CT molecular complexity index is 731. The standard InChI is InChI=1S/C8H8ClF3N2.C8H6ClF3N2/c2*9-7-13-4-6(5-14-7)2-1-3-8(10,11)12/h4-5H,1-3H2;1-2,4-5H,3H2/b;2-1+. The van der Waals surface area contributed by atoms with Gasteiger partial charge in [-0.25, -0.2) is 19.9 Å². The van der Waals surface area contributed by atoms with E-state index < -0.39 is 25.2 Å². The van der Waals surface area contributed by atoms with Crippen LogP contribution >= 0.6 is 23.2 Å². The smallest absolute Gasteiger partial charge is 0.226 e. The van der Waals surface area contributed by atoms with Crippen molar-refractivity contribution in [3.8, 4) is 0 Å². The molecule has 0 amide bonds. The molecule has 154 valence electrons. The predicted molar refractivity (Wildman–Crippen MR) is 92.8 cm³/mol. The molecule has 12 heteroatoms. The average Bonchev–Trinajstić information content (AvgIpc) is 2.57. The summed E-state index contributed by atoms with van der Waals surface area (Å²) in [4.78, 5) is 14.6. The quantitative estimate of drug-likeness (QED) is 0.410. The van der Waals surface area contributed by atoms with Crippen molar-refractivity contribution < 1.29 is 26.3 Å². The first-order valence-electron chi connectivity index (χ1n) is 7.68. The fraction of sp³-hybridized carbons (Fsp3) is 0.375. The number of aromatic nitrogens is 4. The molecule has 2 aromatic heterocycles. The largest absolute Gasteiger partial charge is 0.392 e. The minimum absolute atomic E-state index is 0.0501. The van der Waals surface area contributed by atoms with E-state index in [1.165, 1.54) is 30.9 Å². The summed E-state index contributed by atoms with van der Waals surface area (Å²) < 4.78 is 70.5. The minimum Gasteiger partial charge on any atom is -0.226 e. The number of halogens is 8. The van der Waals surface area contributed by atoms with Crippen molar-refractivity contribution in [1.29, 1.82) is 0 Å². The zero-order valence-corrected chi connectivity index (χ0v) is 15.6. The van der Waals surface area contributed by atoms with Crippen LogP contribution in [-0.2, 0) is 6.42 Å². The van der Waals surface area contributed by atoms with Gasteiger partial charge in [-0.1, -0.05) is 12.2 Å². The van der Waals surface area contributed by atoms with Gasteiger partial charge in [-0.3, -0.25) is 0 Å². The first-order valence-corrected chi connectivity index (χ1v) is 8.44. The van der Waals surface area contributed by atoms with Crippen LogP contribution in [0.2, 0.25) is 10.6 Å². The maximum absolute atomic E-state index is 11.8. The molecular weight excluding hydrogens is 433 g/mol. The van der Waals surface area contributed by atoms with Crippen LogP contribution in [0, 0.1) is 0 Å². The van der Waals surface area contributed by atoms with Crippen LogP contribution in [0.4, 0.5) is 26.3 Å². The molecule has 0 aliphatic heterocycles. The van der Waals surface area contributed by atoms with E-state index in [4.69, 9.17) is 23.2 Å². The lowest BCUT2D eigenvalue weighted by molar-refractivity contribution is -0.135. The van der Waals surface area contributed by atoms with Crippen LogP contribution in [0.5, 0.6) is 0 Å². The van der Waals surface area contributed by atoms with E-state index in [1.54, 1.807) is 0 Å². The molecule has 0 radical (unpaired) electrons. The number of aryl methyl sites for hydroxylation is 1. The Balaban J connectivity index is 0.000000280. The third-order valence-corrected chi connectivity index (χ3v) is 3.29. The number of hydrogen-bond donors (Lipinski definition) is 0. The summed E-state index contributed by atoms with van der Waals surface area (Å²) in [6.45, 7) is 0. The number of nitrogens with zero attached hydrogens (tertiary/aromatic N) is 4. The topological polar surface area (TPSA) is 51.6 Å². The summed E-state index contributed by atoms with van der Waals surface area (Å²) in [7, 11) is 0. The number of rotatable bonds is 5. The van der Waals surface area contributed by atoms with Crippen LogP contribution < -0.4 is 0 Å². The maximum atomic E-state index is 11.8. The van der Waals surface area contributed by atoms with E-state index >= 15 is 0 Å². The van der Waals surface area contributed by atoms with Gasteiger partial charge in [0.15, 0.2) is 0 Å². The molecule has 0 aliphatic rings. The molecule has 0 bridgehead atoms. The maximum Gasteiger partial charge on any atom is 0.392 e. The Labute approximate surface area is 166 Å². The Hall–Kier alpha value is -1.94. The van der Waals surface area contributed by atoms with Gasteiger partial charge >= 0.3 is 12.4 Å². The van der Waals surface area contributed by atoms with Crippen LogP contribution in [-0.4, -0.2) is 32.3 Å². The highest BCUT2D eigenvalue weighted by Gasteiger charge is 2.26. The van der Waals surface area contributed by atoms with Gasteiger partial charge in [0.25, 0.3) is 0 Å². The van der Waals surface area contributed by atoms with E-state index in [2.05, 4.69) is 19.9 Å². The van der Waals surface area contributed by atoms with Crippen molar-refractivity contribution in [1.82, 2.24) is 19.9 Å². The summed E-state index contributed by atoms with van der Waals surface area (Å²) in [5.74, 6) is 0. The Morgan fingerprint density at radius 1 is 0.786 bits per heavy atom. The molecule has 0 fully saturated rings. The van der Waals surface area contributed by atoms with Crippen LogP contribution in [0.25, 0.3) is 6.08 Å². The number of alkyl halides is 6. The first kappa shape index (κ1) is 24.1. The predicted octanol–water partition coefficient (Wildman–Crippen LogP) is 6.11. The lowest BCUT2D eigenvalue weighted by Gasteiger charge is -2.04. The monoisotopic (exact) mass is 446 g/mol. The van der Waals surface area contributed by atoms with E-state index in [-0.39, 0.29) is 17.0 Å². The normalized spacial score (nSPS) is 12.0. The third-order valence-electron chi connectivity index (χ3n) is 2.90. The van der Waals surface area contributed by atoms with Gasteiger partial charge in [-0.15, -0.1) is 0 Å². The molecule has 2 aromatic rings. The summed E-state index contributed by atoms with van der Waals surface area (Å²) in [6.07, 6.45) is -1.77. The first-order chi connectivity index (χ1) is 12.9. The summed E-state index contributed by atoms with van der Waals surface area (Å²) in [5.41, 5.74) is 1.15. The summed E-state index contributed by atoms with van der Waals surface area (Å²) in [5, 5.41) is 0.169. The van der Waals surface area contributed by atoms with Crippen molar-refractivity contribution in [2.24, 2.45) is 0 Å². The second-order valence-electron chi connectivity index (χ2n) is 5.34. The highest BCUT2D eigenvalue weighted by Crippen LogP contribution is 2.22. The molecule has 0 aromatic carbocycles. The van der Waals surface area contributed by atoms with Crippen molar-refractivity contribution in [2.45, 2.75) is 38.0 Å². The highest BCUT2D eigenvalue weighted by molar-refractivity contribution is 6.28. The number of allylic oxidation sites excluding steroid dienone is 1.